The van der Waals surface area contributed by atoms with Crippen LogP contribution in [0.5, 0.6) is 0 Å². The van der Waals surface area contributed by atoms with Crippen LogP contribution in [-0.2, 0) is 6.18 Å². The maximum absolute atomic E-state index is 15.5. The molecule has 170 valence electrons. The van der Waals surface area contributed by atoms with Crippen molar-refractivity contribution in [3.8, 4) is 11.3 Å². The van der Waals surface area contributed by atoms with Crippen LogP contribution >= 0.6 is 11.3 Å². The fraction of sp³-hybridized carbons (Fsp3) is 0.174. The number of nitrogens with zero attached hydrogens (tertiary/aromatic N) is 2. The molecule has 0 saturated carbocycles. The summed E-state index contributed by atoms with van der Waals surface area (Å²) in [5.74, 6) is -0.661. The number of carbonyl (C=O) groups excluding carboxylic acids is 1. The fourth-order valence-electron chi connectivity index (χ4n) is 3.41. The van der Waals surface area contributed by atoms with Gasteiger partial charge in [-0.05, 0) is 49.4 Å². The molecule has 1 aromatic carbocycles. The number of hydrogen-bond donors (Lipinski definition) is 2. The highest BCUT2D eigenvalue weighted by molar-refractivity contribution is 7.12. The van der Waals surface area contributed by atoms with Crippen molar-refractivity contribution in [2.24, 2.45) is 0 Å². The average molecular weight is 474 g/mol. The summed E-state index contributed by atoms with van der Waals surface area (Å²) in [5, 5.41) is 5.66. The van der Waals surface area contributed by atoms with Crippen LogP contribution in [0.15, 0.2) is 72.7 Å². The van der Waals surface area contributed by atoms with Gasteiger partial charge in [0, 0.05) is 28.5 Å². The number of benzene rings is 1. The molecule has 0 bridgehead atoms. The Labute approximate surface area is 190 Å². The van der Waals surface area contributed by atoms with Crippen LogP contribution in [0.25, 0.3) is 11.3 Å². The van der Waals surface area contributed by atoms with E-state index in [9.17, 15) is 18.0 Å². The number of thiazole rings is 1. The number of nitrogens with one attached hydrogen (secondary N) is 2. The van der Waals surface area contributed by atoms with E-state index in [2.05, 4.69) is 20.6 Å². The average Bonchev–Trinajstić information content (AvgIpc) is 3.17. The van der Waals surface area contributed by atoms with Crippen molar-refractivity contribution < 1.29 is 22.4 Å². The summed E-state index contributed by atoms with van der Waals surface area (Å²) >= 11 is 1.38. The number of aryl methyl sites for hydroxylation is 1. The van der Waals surface area contributed by atoms with Crippen LogP contribution in [0, 0.1) is 6.92 Å². The van der Waals surface area contributed by atoms with Gasteiger partial charge in [-0.1, -0.05) is 12.2 Å². The van der Waals surface area contributed by atoms with Crippen molar-refractivity contribution in [1.29, 1.82) is 0 Å². The van der Waals surface area contributed by atoms with Gasteiger partial charge in [-0.25, -0.2) is 14.2 Å². The molecule has 0 saturated heterocycles. The fourth-order valence-corrected chi connectivity index (χ4v) is 4.46. The first kappa shape index (κ1) is 22.7. The van der Waals surface area contributed by atoms with Gasteiger partial charge in [-0.3, -0.25) is 4.98 Å². The van der Waals surface area contributed by atoms with Crippen LogP contribution in [0.1, 0.15) is 21.4 Å². The molecule has 2 atom stereocenters. The van der Waals surface area contributed by atoms with Crippen LogP contribution in [-0.4, -0.2) is 22.2 Å². The van der Waals surface area contributed by atoms with E-state index in [1.807, 2.05) is 6.92 Å². The van der Waals surface area contributed by atoms with Crippen LogP contribution < -0.4 is 10.6 Å². The first-order chi connectivity index (χ1) is 15.7. The molecule has 2 unspecified atom stereocenters. The molecule has 0 spiro atoms. The lowest BCUT2D eigenvalue weighted by Gasteiger charge is -2.24. The number of pyridine rings is 1. The number of allylic oxidation sites excluding steroid dienone is 4. The van der Waals surface area contributed by atoms with Crippen LogP contribution in [0.2, 0.25) is 0 Å². The number of aromatic nitrogens is 2. The summed E-state index contributed by atoms with van der Waals surface area (Å²) < 4.78 is 53.5. The number of hydrogen-bond acceptors (Lipinski definition) is 4. The topological polar surface area (TPSA) is 66.9 Å². The van der Waals surface area contributed by atoms with E-state index in [0.717, 1.165) is 39.7 Å². The largest absolute Gasteiger partial charge is 0.416 e. The van der Waals surface area contributed by atoms with Gasteiger partial charge < -0.3 is 10.6 Å². The van der Waals surface area contributed by atoms with Gasteiger partial charge in [0.2, 0.25) is 0 Å². The third kappa shape index (κ3) is 5.11. The van der Waals surface area contributed by atoms with Gasteiger partial charge in [0.1, 0.15) is 0 Å². The molecule has 0 radical (unpaired) electrons. The van der Waals surface area contributed by atoms with E-state index in [1.165, 1.54) is 17.4 Å². The Morgan fingerprint density at radius 3 is 2.42 bits per heavy atom. The van der Waals surface area contributed by atoms with E-state index in [-0.39, 0.29) is 11.4 Å². The van der Waals surface area contributed by atoms with E-state index in [1.54, 1.807) is 36.7 Å². The molecule has 1 aliphatic rings. The molecule has 0 aliphatic heterocycles. The molecule has 0 fully saturated rings. The van der Waals surface area contributed by atoms with E-state index < -0.39 is 29.9 Å². The number of amides is 2. The van der Waals surface area contributed by atoms with Gasteiger partial charge in [-0.2, -0.15) is 13.2 Å². The molecule has 1 aliphatic carbocycles. The minimum atomic E-state index is -4.47. The predicted octanol–water partition coefficient (Wildman–Crippen LogP) is 6.23. The first-order valence-electron chi connectivity index (χ1n) is 9.88. The zero-order chi connectivity index (χ0) is 23.6. The SMILES string of the molecule is Cc1nc(-c2ccncc2)c(C2C=CC=C(NC(=O)Nc3ccc(C(F)(F)F)cc3)C2F)s1. The van der Waals surface area contributed by atoms with Crippen molar-refractivity contribution in [2.75, 3.05) is 5.32 Å². The minimum absolute atomic E-state index is 0.0404. The summed E-state index contributed by atoms with van der Waals surface area (Å²) in [5.41, 5.74) is 0.836. The van der Waals surface area contributed by atoms with Crippen LogP contribution in [0.3, 0.4) is 0 Å². The third-order valence-corrected chi connectivity index (χ3v) is 6.02. The number of alkyl halides is 4. The molecule has 5 nitrogen and oxygen atoms in total. The Bertz CT molecular complexity index is 1200. The third-order valence-electron chi connectivity index (χ3n) is 4.95. The molecule has 10 heteroatoms. The van der Waals surface area contributed by atoms with E-state index >= 15 is 4.39 Å². The van der Waals surface area contributed by atoms with Crippen LogP contribution in [0.4, 0.5) is 28.0 Å². The van der Waals surface area contributed by atoms with Crippen molar-refractivity contribution in [3.05, 3.63) is 88.2 Å². The van der Waals surface area contributed by atoms with Gasteiger partial charge >= 0.3 is 12.2 Å². The first-order valence-corrected chi connectivity index (χ1v) is 10.7. The second-order valence-corrected chi connectivity index (χ2v) is 8.51. The lowest BCUT2D eigenvalue weighted by molar-refractivity contribution is -0.137. The molecule has 33 heavy (non-hydrogen) atoms. The molecule has 2 heterocycles. The Morgan fingerprint density at radius 2 is 1.76 bits per heavy atom. The Hall–Kier alpha value is -3.53. The Morgan fingerprint density at radius 1 is 1.06 bits per heavy atom. The van der Waals surface area contributed by atoms with Crippen molar-refractivity contribution in [2.45, 2.75) is 25.2 Å². The minimum Gasteiger partial charge on any atom is -0.308 e. The molecule has 3 aromatic rings. The molecule has 2 amide bonds. The van der Waals surface area contributed by atoms with Gasteiger partial charge in [0.05, 0.1) is 27.9 Å². The van der Waals surface area contributed by atoms with E-state index in [0.29, 0.717) is 5.69 Å². The second-order valence-electron chi connectivity index (χ2n) is 7.27. The second kappa shape index (κ2) is 9.14. The number of rotatable bonds is 4. The number of halogens is 4. The Balaban J connectivity index is 1.48. The Kier molecular flexibility index (Phi) is 6.28. The summed E-state index contributed by atoms with van der Waals surface area (Å²) in [6.45, 7) is 1.84. The smallest absolute Gasteiger partial charge is 0.308 e. The molecule has 4 rings (SSSR count). The highest BCUT2D eigenvalue weighted by Crippen LogP contribution is 2.40. The number of anilines is 1. The predicted molar refractivity (Wildman–Crippen MR) is 119 cm³/mol. The van der Waals surface area contributed by atoms with Gasteiger partial charge in [-0.15, -0.1) is 11.3 Å². The zero-order valence-corrected chi connectivity index (χ0v) is 18.0. The normalized spacial score (nSPS) is 18.0. The van der Waals surface area contributed by atoms with Crippen molar-refractivity contribution in [1.82, 2.24) is 15.3 Å². The molecule has 2 N–H and O–H groups in total. The maximum Gasteiger partial charge on any atom is 0.416 e. The van der Waals surface area contributed by atoms with Crippen molar-refractivity contribution >= 4 is 23.1 Å². The monoisotopic (exact) mass is 474 g/mol. The lowest BCUT2D eigenvalue weighted by atomic mass is 9.92. The highest BCUT2D eigenvalue weighted by Gasteiger charge is 2.32. The number of carbonyl (C=O) groups is 1. The van der Waals surface area contributed by atoms with Crippen molar-refractivity contribution in [3.63, 3.8) is 0 Å². The quantitative estimate of drug-likeness (QED) is 0.441. The number of urea groups is 1. The van der Waals surface area contributed by atoms with Gasteiger partial charge in [0.25, 0.3) is 0 Å². The maximum atomic E-state index is 15.5. The molecular formula is C23H18F4N4OS. The van der Waals surface area contributed by atoms with E-state index in [4.69, 9.17) is 0 Å². The summed E-state index contributed by atoms with van der Waals surface area (Å²) in [6, 6.07) is 6.82. The molecular weight excluding hydrogens is 456 g/mol. The standard InChI is InChI=1S/C23H18F4N4OS/c1-13-29-20(14-9-11-28-12-10-14)21(33-13)17-3-2-4-18(19(17)24)31-22(32)30-16-7-5-15(6-8-16)23(25,26)27/h2-12,17,19H,1H3,(H2,30,31,32). The lowest BCUT2D eigenvalue weighted by Crippen LogP contribution is -2.34. The van der Waals surface area contributed by atoms with Gasteiger partial charge in [0.15, 0.2) is 6.17 Å². The zero-order valence-electron chi connectivity index (χ0n) is 17.2. The highest BCUT2D eigenvalue weighted by atomic mass is 32.1. The summed E-state index contributed by atoms with van der Waals surface area (Å²) in [4.78, 5) is 21.6. The summed E-state index contributed by atoms with van der Waals surface area (Å²) in [6.07, 6.45) is 2.06. The molecule has 2 aromatic heterocycles. The summed E-state index contributed by atoms with van der Waals surface area (Å²) in [7, 11) is 0.